The van der Waals surface area contributed by atoms with Gasteiger partial charge in [0.1, 0.15) is 18.7 Å². The molecule has 0 spiro atoms. The van der Waals surface area contributed by atoms with E-state index in [2.05, 4.69) is 42.4 Å². The third-order valence-electron chi connectivity index (χ3n) is 4.43. The van der Waals surface area contributed by atoms with Crippen molar-refractivity contribution in [1.82, 2.24) is 35.2 Å². The number of guanidine groups is 1. The molecular formula is C14H26N8. The second-order valence-corrected chi connectivity index (χ2v) is 5.87. The van der Waals surface area contributed by atoms with Crippen LogP contribution < -0.4 is 10.6 Å². The van der Waals surface area contributed by atoms with Crippen molar-refractivity contribution in [1.29, 1.82) is 0 Å². The molecule has 3 fully saturated rings. The standard InChI is InChI=1S/C14H26N8/c1-3-15-14(17-9-13-18-11-19-20(13)2)16-8-12-10-21-4-6-22(12)7-5-21/h11-12H,3-10H2,1-2H3,(H2,15,16,17). The molecule has 1 aromatic heterocycles. The van der Waals surface area contributed by atoms with E-state index in [1.807, 2.05) is 7.05 Å². The monoisotopic (exact) mass is 306 g/mol. The number of piperazine rings is 3. The highest BCUT2D eigenvalue weighted by atomic mass is 15.4. The summed E-state index contributed by atoms with van der Waals surface area (Å²) in [6, 6.07) is 0.584. The molecule has 1 unspecified atom stereocenters. The lowest BCUT2D eigenvalue weighted by Gasteiger charge is -2.47. The molecule has 0 saturated carbocycles. The zero-order valence-electron chi connectivity index (χ0n) is 13.5. The molecule has 3 aliphatic rings. The van der Waals surface area contributed by atoms with Crippen LogP contribution in [0, 0.1) is 0 Å². The molecule has 0 aromatic carbocycles. The number of nitrogens with zero attached hydrogens (tertiary/aromatic N) is 6. The lowest BCUT2D eigenvalue weighted by molar-refractivity contribution is 0.0154. The second kappa shape index (κ2) is 7.06. The first-order chi connectivity index (χ1) is 10.8. The predicted octanol–water partition coefficient (Wildman–Crippen LogP) is -1.13. The van der Waals surface area contributed by atoms with Crippen LogP contribution in [0.25, 0.3) is 0 Å². The van der Waals surface area contributed by atoms with Crippen molar-refractivity contribution >= 4 is 5.96 Å². The van der Waals surface area contributed by atoms with E-state index < -0.39 is 0 Å². The number of hydrogen-bond donors (Lipinski definition) is 2. The molecule has 22 heavy (non-hydrogen) atoms. The van der Waals surface area contributed by atoms with Crippen molar-refractivity contribution in [2.75, 3.05) is 45.8 Å². The highest BCUT2D eigenvalue weighted by Crippen LogP contribution is 2.14. The van der Waals surface area contributed by atoms with E-state index in [1.54, 1.807) is 11.0 Å². The fourth-order valence-corrected chi connectivity index (χ4v) is 3.09. The van der Waals surface area contributed by atoms with Gasteiger partial charge >= 0.3 is 0 Å². The van der Waals surface area contributed by atoms with Gasteiger partial charge in [-0.05, 0) is 6.92 Å². The van der Waals surface area contributed by atoms with Crippen LogP contribution in [0.2, 0.25) is 0 Å². The van der Waals surface area contributed by atoms with E-state index in [1.165, 1.54) is 26.2 Å². The molecular weight excluding hydrogens is 280 g/mol. The maximum Gasteiger partial charge on any atom is 0.191 e. The van der Waals surface area contributed by atoms with E-state index in [-0.39, 0.29) is 0 Å². The summed E-state index contributed by atoms with van der Waals surface area (Å²) in [5.74, 6) is 1.71. The van der Waals surface area contributed by atoms with Crippen LogP contribution in [-0.4, -0.2) is 82.4 Å². The van der Waals surface area contributed by atoms with Crippen molar-refractivity contribution in [3.05, 3.63) is 12.2 Å². The fraction of sp³-hybridized carbons (Fsp3) is 0.786. The SMILES string of the molecule is CCNC(=NCc1ncnn1C)NCC1CN2CCN1CC2. The molecule has 3 saturated heterocycles. The zero-order chi connectivity index (χ0) is 15.4. The summed E-state index contributed by atoms with van der Waals surface area (Å²) in [5.41, 5.74) is 0. The van der Waals surface area contributed by atoms with Gasteiger partial charge in [0, 0.05) is 58.9 Å². The lowest BCUT2D eigenvalue weighted by atomic mass is 10.1. The van der Waals surface area contributed by atoms with E-state index in [9.17, 15) is 0 Å². The van der Waals surface area contributed by atoms with Gasteiger partial charge in [0.2, 0.25) is 0 Å². The minimum atomic E-state index is 0.534. The second-order valence-electron chi connectivity index (χ2n) is 5.87. The first-order valence-electron chi connectivity index (χ1n) is 8.07. The molecule has 0 aliphatic carbocycles. The first kappa shape index (κ1) is 15.2. The van der Waals surface area contributed by atoms with Gasteiger partial charge in [0.05, 0.1) is 0 Å². The molecule has 3 aliphatic heterocycles. The minimum absolute atomic E-state index is 0.534. The van der Waals surface area contributed by atoms with Crippen LogP contribution >= 0.6 is 0 Å². The van der Waals surface area contributed by atoms with Crippen LogP contribution in [0.4, 0.5) is 0 Å². The predicted molar refractivity (Wildman–Crippen MR) is 85.6 cm³/mol. The Bertz CT molecular complexity index is 503. The largest absolute Gasteiger partial charge is 0.357 e. The Hall–Kier alpha value is -1.67. The first-order valence-corrected chi connectivity index (χ1v) is 8.07. The van der Waals surface area contributed by atoms with E-state index in [4.69, 9.17) is 0 Å². The van der Waals surface area contributed by atoms with Gasteiger partial charge in [-0.25, -0.2) is 9.98 Å². The smallest absolute Gasteiger partial charge is 0.191 e. The van der Waals surface area contributed by atoms with Crippen molar-refractivity contribution in [3.8, 4) is 0 Å². The molecule has 4 rings (SSSR count). The molecule has 8 nitrogen and oxygen atoms in total. The van der Waals surface area contributed by atoms with Crippen LogP contribution in [0.3, 0.4) is 0 Å². The Morgan fingerprint density at radius 2 is 2.14 bits per heavy atom. The van der Waals surface area contributed by atoms with E-state index >= 15 is 0 Å². The summed E-state index contributed by atoms with van der Waals surface area (Å²) >= 11 is 0. The van der Waals surface area contributed by atoms with Crippen molar-refractivity contribution in [3.63, 3.8) is 0 Å². The quantitative estimate of drug-likeness (QED) is 0.530. The van der Waals surface area contributed by atoms with E-state index in [0.29, 0.717) is 12.6 Å². The lowest BCUT2D eigenvalue weighted by Crippen LogP contribution is -2.63. The Morgan fingerprint density at radius 3 is 2.73 bits per heavy atom. The highest BCUT2D eigenvalue weighted by molar-refractivity contribution is 5.79. The van der Waals surface area contributed by atoms with Crippen LogP contribution in [0.5, 0.6) is 0 Å². The Morgan fingerprint density at radius 1 is 1.32 bits per heavy atom. The number of rotatable bonds is 5. The summed E-state index contributed by atoms with van der Waals surface area (Å²) in [5, 5.41) is 10.8. The normalized spacial score (nSPS) is 27.9. The Balaban J connectivity index is 1.54. The molecule has 2 N–H and O–H groups in total. The van der Waals surface area contributed by atoms with Crippen LogP contribution in [-0.2, 0) is 13.6 Å². The summed E-state index contributed by atoms with van der Waals surface area (Å²) in [4.78, 5) is 13.9. The average Bonchev–Trinajstić information content (AvgIpc) is 2.96. The molecule has 2 bridgehead atoms. The third kappa shape index (κ3) is 3.56. The van der Waals surface area contributed by atoms with Gasteiger partial charge in [-0.2, -0.15) is 5.10 Å². The number of aliphatic imine (C=N–C) groups is 1. The van der Waals surface area contributed by atoms with Gasteiger partial charge in [-0.1, -0.05) is 0 Å². The number of hydrogen-bond acceptors (Lipinski definition) is 5. The van der Waals surface area contributed by atoms with Gasteiger partial charge < -0.3 is 10.6 Å². The van der Waals surface area contributed by atoms with Gasteiger partial charge in [-0.15, -0.1) is 0 Å². The Labute approximate surface area is 131 Å². The van der Waals surface area contributed by atoms with E-state index in [0.717, 1.165) is 31.4 Å². The van der Waals surface area contributed by atoms with Crippen molar-refractivity contribution < 1.29 is 0 Å². The Kier molecular flexibility index (Phi) is 4.89. The van der Waals surface area contributed by atoms with Crippen molar-refractivity contribution in [2.45, 2.75) is 19.5 Å². The minimum Gasteiger partial charge on any atom is -0.357 e. The number of fused-ring (bicyclic) bond motifs is 3. The molecule has 8 heteroatoms. The third-order valence-corrected chi connectivity index (χ3v) is 4.43. The molecule has 122 valence electrons. The van der Waals surface area contributed by atoms with Crippen molar-refractivity contribution in [2.24, 2.45) is 12.0 Å². The van der Waals surface area contributed by atoms with Gasteiger partial charge in [-0.3, -0.25) is 14.5 Å². The zero-order valence-corrected chi connectivity index (χ0v) is 13.5. The number of nitrogens with one attached hydrogen (secondary N) is 2. The summed E-state index contributed by atoms with van der Waals surface area (Å²) < 4.78 is 1.76. The molecule has 1 atom stereocenters. The summed E-state index contributed by atoms with van der Waals surface area (Å²) in [7, 11) is 1.89. The van der Waals surface area contributed by atoms with Gasteiger partial charge in [0.25, 0.3) is 0 Å². The topological polar surface area (TPSA) is 73.6 Å². The summed E-state index contributed by atoms with van der Waals surface area (Å²) in [6.07, 6.45) is 1.56. The fourth-order valence-electron chi connectivity index (χ4n) is 3.09. The maximum absolute atomic E-state index is 4.60. The molecule has 1 aromatic rings. The number of aryl methyl sites for hydroxylation is 1. The molecule has 4 heterocycles. The van der Waals surface area contributed by atoms with Crippen LogP contribution in [0.1, 0.15) is 12.7 Å². The number of aromatic nitrogens is 3. The van der Waals surface area contributed by atoms with Gasteiger partial charge in [0.15, 0.2) is 5.96 Å². The highest BCUT2D eigenvalue weighted by Gasteiger charge is 2.31. The maximum atomic E-state index is 4.60. The molecule has 0 amide bonds. The average molecular weight is 306 g/mol. The van der Waals surface area contributed by atoms with Crippen LogP contribution in [0.15, 0.2) is 11.3 Å². The summed E-state index contributed by atoms with van der Waals surface area (Å²) in [6.45, 7) is 10.4. The molecule has 0 radical (unpaired) electrons.